The molecular formula is C18H18ClF3N4O3. The van der Waals surface area contributed by atoms with Crippen molar-refractivity contribution >= 4 is 29.4 Å². The maximum absolute atomic E-state index is 13.0. The normalized spacial score (nSPS) is 14.2. The molecule has 2 aromatic rings. The Hall–Kier alpha value is -2.75. The number of cyclic esters (lactones) is 1. The number of nitrogens with zero attached hydrogens (tertiary/aromatic N) is 3. The predicted octanol–water partition coefficient (Wildman–Crippen LogP) is 4.02. The molecule has 156 valence electrons. The molecule has 29 heavy (non-hydrogen) atoms. The van der Waals surface area contributed by atoms with Gasteiger partial charge in [0.25, 0.3) is 0 Å². The summed E-state index contributed by atoms with van der Waals surface area (Å²) < 4.78 is 45.1. The Bertz CT molecular complexity index is 930. The van der Waals surface area contributed by atoms with Crippen LogP contribution in [0.5, 0.6) is 0 Å². The lowest BCUT2D eigenvalue weighted by Crippen LogP contribution is -2.26. The highest BCUT2D eigenvalue weighted by atomic mass is 35.5. The van der Waals surface area contributed by atoms with Crippen LogP contribution in [0.4, 0.5) is 23.8 Å². The van der Waals surface area contributed by atoms with Crippen LogP contribution < -0.4 is 5.32 Å². The van der Waals surface area contributed by atoms with Gasteiger partial charge in [0.1, 0.15) is 12.4 Å². The molecule has 1 aliphatic rings. The minimum atomic E-state index is -4.54. The van der Waals surface area contributed by atoms with E-state index >= 15 is 0 Å². The summed E-state index contributed by atoms with van der Waals surface area (Å²) in [5.74, 6) is -0.156. The lowest BCUT2D eigenvalue weighted by molar-refractivity contribution is -0.137. The van der Waals surface area contributed by atoms with Crippen molar-refractivity contribution in [1.29, 1.82) is 0 Å². The molecule has 7 nitrogen and oxygen atoms in total. The zero-order valence-corrected chi connectivity index (χ0v) is 16.2. The van der Waals surface area contributed by atoms with Crippen LogP contribution in [-0.2, 0) is 15.7 Å². The molecule has 0 atom stereocenters. The summed E-state index contributed by atoms with van der Waals surface area (Å²) in [7, 11) is 0. The maximum Gasteiger partial charge on any atom is 0.416 e. The number of alkyl halides is 3. The summed E-state index contributed by atoms with van der Waals surface area (Å²) in [6, 6.07) is 4.43. The monoisotopic (exact) mass is 430 g/mol. The second-order valence-electron chi connectivity index (χ2n) is 6.50. The Morgan fingerprint density at radius 3 is 2.76 bits per heavy atom. The van der Waals surface area contributed by atoms with E-state index < -0.39 is 17.8 Å². The number of benzene rings is 1. The minimum Gasteiger partial charge on any atom is -0.448 e. The van der Waals surface area contributed by atoms with Gasteiger partial charge in [-0.2, -0.15) is 18.3 Å². The topological polar surface area (TPSA) is 76.5 Å². The first-order valence-corrected chi connectivity index (χ1v) is 9.18. The fourth-order valence-electron chi connectivity index (χ4n) is 2.89. The van der Waals surface area contributed by atoms with Crippen LogP contribution in [0.3, 0.4) is 0 Å². The fraction of sp³-hybridized carbons (Fsp3) is 0.389. The van der Waals surface area contributed by atoms with Gasteiger partial charge in [0.2, 0.25) is 5.91 Å². The summed E-state index contributed by atoms with van der Waals surface area (Å²) in [5.41, 5.74) is -0.377. The third-order valence-corrected chi connectivity index (χ3v) is 4.60. The zero-order valence-electron chi connectivity index (χ0n) is 15.4. The van der Waals surface area contributed by atoms with Crippen molar-refractivity contribution in [3.05, 3.63) is 40.5 Å². The van der Waals surface area contributed by atoms with E-state index in [9.17, 15) is 22.8 Å². The number of aromatic nitrogens is 2. The van der Waals surface area contributed by atoms with Crippen molar-refractivity contribution in [1.82, 2.24) is 14.7 Å². The van der Waals surface area contributed by atoms with E-state index in [4.69, 9.17) is 16.3 Å². The number of carbonyl (C=O) groups is 2. The third-order valence-electron chi connectivity index (χ3n) is 4.28. The van der Waals surface area contributed by atoms with Crippen molar-refractivity contribution in [3.8, 4) is 5.69 Å². The van der Waals surface area contributed by atoms with Crippen molar-refractivity contribution in [3.63, 3.8) is 0 Å². The molecule has 1 N–H and O–H groups in total. The lowest BCUT2D eigenvalue weighted by atomic mass is 10.2. The molecule has 1 aromatic heterocycles. The highest BCUT2D eigenvalue weighted by Gasteiger charge is 2.31. The van der Waals surface area contributed by atoms with Gasteiger partial charge in [0.05, 0.1) is 28.5 Å². The highest BCUT2D eigenvalue weighted by molar-refractivity contribution is 6.32. The summed E-state index contributed by atoms with van der Waals surface area (Å²) in [6.07, 6.45) is -4.41. The number of ether oxygens (including phenoxy) is 1. The standard InChI is InChI=1S/C18H18ClF3N4O3/c1-11-9-15(23-16(27)3-2-6-25-7-8-29-17(25)28)26(24-11)14-10-12(18(20,21)22)4-5-13(14)19/h4-5,9-10H,2-3,6-8H2,1H3,(H,23,27). The van der Waals surface area contributed by atoms with E-state index in [1.54, 1.807) is 6.92 Å². The van der Waals surface area contributed by atoms with Crippen LogP contribution in [0.2, 0.25) is 5.02 Å². The van der Waals surface area contributed by atoms with Gasteiger partial charge < -0.3 is 15.0 Å². The number of amides is 2. The molecule has 0 aliphatic carbocycles. The van der Waals surface area contributed by atoms with Crippen LogP contribution in [0.1, 0.15) is 24.1 Å². The van der Waals surface area contributed by atoms with Crippen LogP contribution in [0.25, 0.3) is 5.69 Å². The van der Waals surface area contributed by atoms with Gasteiger partial charge in [-0.25, -0.2) is 9.48 Å². The van der Waals surface area contributed by atoms with E-state index in [0.717, 1.165) is 18.2 Å². The quantitative estimate of drug-likeness (QED) is 0.750. The summed E-state index contributed by atoms with van der Waals surface area (Å²) in [5, 5.41) is 6.85. The van der Waals surface area contributed by atoms with Crippen LogP contribution in [0.15, 0.2) is 24.3 Å². The van der Waals surface area contributed by atoms with Gasteiger partial charge in [-0.15, -0.1) is 0 Å². The maximum atomic E-state index is 13.0. The Kier molecular flexibility index (Phi) is 6.02. The smallest absolute Gasteiger partial charge is 0.416 e. The predicted molar refractivity (Wildman–Crippen MR) is 99.1 cm³/mol. The molecular weight excluding hydrogens is 413 g/mol. The Labute approximate surface area is 169 Å². The second kappa shape index (κ2) is 8.32. The Morgan fingerprint density at radius 2 is 2.10 bits per heavy atom. The van der Waals surface area contributed by atoms with E-state index in [0.29, 0.717) is 31.8 Å². The Morgan fingerprint density at radius 1 is 1.34 bits per heavy atom. The molecule has 0 saturated carbocycles. The second-order valence-corrected chi connectivity index (χ2v) is 6.91. The molecule has 0 unspecified atom stereocenters. The first kappa shape index (κ1) is 21.0. The summed E-state index contributed by atoms with van der Waals surface area (Å²) in [4.78, 5) is 25.2. The van der Waals surface area contributed by atoms with Crippen molar-refractivity contribution < 1.29 is 27.5 Å². The molecule has 1 saturated heterocycles. The number of anilines is 1. The number of rotatable bonds is 6. The van der Waals surface area contributed by atoms with E-state index in [2.05, 4.69) is 10.4 Å². The molecule has 0 bridgehead atoms. The van der Waals surface area contributed by atoms with E-state index in [1.807, 2.05) is 0 Å². The van der Waals surface area contributed by atoms with Crippen LogP contribution in [0, 0.1) is 6.92 Å². The first-order valence-electron chi connectivity index (χ1n) is 8.80. The van der Waals surface area contributed by atoms with E-state index in [-0.39, 0.29) is 28.9 Å². The fourth-order valence-corrected chi connectivity index (χ4v) is 3.09. The molecule has 0 spiro atoms. The average Bonchev–Trinajstić information content (AvgIpc) is 3.20. The minimum absolute atomic E-state index is 0.00436. The van der Waals surface area contributed by atoms with E-state index in [1.165, 1.54) is 15.6 Å². The highest BCUT2D eigenvalue weighted by Crippen LogP contribution is 2.34. The molecule has 2 amide bonds. The Balaban J connectivity index is 1.72. The third kappa shape index (κ3) is 5.00. The molecule has 1 aromatic carbocycles. The van der Waals surface area contributed by atoms with Gasteiger partial charge in [-0.05, 0) is 31.5 Å². The van der Waals surface area contributed by atoms with Crippen LogP contribution >= 0.6 is 11.6 Å². The molecule has 2 heterocycles. The number of hydrogen-bond acceptors (Lipinski definition) is 4. The van der Waals surface area contributed by atoms with Gasteiger partial charge in [0.15, 0.2) is 0 Å². The molecule has 11 heteroatoms. The number of halogens is 4. The molecule has 1 fully saturated rings. The molecule has 1 aliphatic heterocycles. The SMILES string of the molecule is Cc1cc(NC(=O)CCCN2CCOC2=O)n(-c2cc(C(F)(F)F)ccc2Cl)n1. The van der Waals surface area contributed by atoms with Gasteiger partial charge in [-0.3, -0.25) is 4.79 Å². The number of hydrogen-bond donors (Lipinski definition) is 1. The lowest BCUT2D eigenvalue weighted by Gasteiger charge is -2.14. The molecule has 0 radical (unpaired) electrons. The molecule has 3 rings (SSSR count). The summed E-state index contributed by atoms with van der Waals surface area (Å²) >= 11 is 6.08. The number of nitrogens with one attached hydrogen (secondary N) is 1. The van der Waals surface area contributed by atoms with Crippen molar-refractivity contribution in [2.45, 2.75) is 25.9 Å². The summed E-state index contributed by atoms with van der Waals surface area (Å²) in [6.45, 7) is 2.85. The van der Waals surface area contributed by atoms with Crippen molar-refractivity contribution in [2.24, 2.45) is 0 Å². The van der Waals surface area contributed by atoms with Gasteiger partial charge in [-0.1, -0.05) is 11.6 Å². The first-order chi connectivity index (χ1) is 13.6. The van der Waals surface area contributed by atoms with Gasteiger partial charge >= 0.3 is 12.3 Å². The number of carbonyl (C=O) groups excluding carboxylic acids is 2. The van der Waals surface area contributed by atoms with Gasteiger partial charge in [0, 0.05) is 19.0 Å². The zero-order chi connectivity index (χ0) is 21.2. The number of aryl methyl sites for hydroxylation is 1. The average molecular weight is 431 g/mol. The van der Waals surface area contributed by atoms with Crippen LogP contribution in [-0.4, -0.2) is 46.4 Å². The van der Waals surface area contributed by atoms with Crippen molar-refractivity contribution in [2.75, 3.05) is 25.0 Å². The largest absolute Gasteiger partial charge is 0.448 e.